The van der Waals surface area contributed by atoms with Gasteiger partial charge in [-0.15, -0.1) is 0 Å². The molecule has 0 saturated heterocycles. The van der Waals surface area contributed by atoms with Crippen LogP contribution in [0.5, 0.6) is 0 Å². The highest BCUT2D eigenvalue weighted by molar-refractivity contribution is 7.98. The zero-order valence-corrected chi connectivity index (χ0v) is 13.6. The maximum Gasteiger partial charge on any atom is 0.220 e. The molecule has 1 aliphatic carbocycles. The highest BCUT2D eigenvalue weighted by atomic mass is 32.2. The van der Waals surface area contributed by atoms with Crippen LogP contribution in [0.1, 0.15) is 36.8 Å². The normalized spacial score (nSPS) is 21.4. The fourth-order valence-electron chi connectivity index (χ4n) is 2.77. The van der Waals surface area contributed by atoms with Crippen molar-refractivity contribution in [3.8, 4) is 0 Å². The predicted molar refractivity (Wildman–Crippen MR) is 90.3 cm³/mol. The lowest BCUT2D eigenvalue weighted by molar-refractivity contribution is -0.121. The Morgan fingerprint density at radius 2 is 2.10 bits per heavy atom. The Morgan fingerprint density at radius 3 is 2.76 bits per heavy atom. The molecule has 4 heteroatoms. The van der Waals surface area contributed by atoms with Crippen molar-refractivity contribution in [3.63, 3.8) is 0 Å². The standard InChI is InChI=1S/C17H26N2OS/c1-13-5-7-14(8-6-13)12-21-10-9-19-17(20)11-15-3-2-4-16(15)18/h5-8,15-16H,2-4,9-12,18H2,1H3,(H,19,20)/t15-,16+/m0/s1. The number of carbonyl (C=O) groups is 1. The maximum absolute atomic E-state index is 11.8. The monoisotopic (exact) mass is 306 g/mol. The van der Waals surface area contributed by atoms with E-state index in [1.165, 1.54) is 17.5 Å². The van der Waals surface area contributed by atoms with Gasteiger partial charge in [-0.25, -0.2) is 0 Å². The van der Waals surface area contributed by atoms with E-state index in [1.807, 2.05) is 11.8 Å². The van der Waals surface area contributed by atoms with Crippen LogP contribution in [-0.4, -0.2) is 24.2 Å². The number of hydrogen-bond donors (Lipinski definition) is 2. The smallest absolute Gasteiger partial charge is 0.220 e. The summed E-state index contributed by atoms with van der Waals surface area (Å²) in [5, 5.41) is 3.01. The molecular weight excluding hydrogens is 280 g/mol. The minimum atomic E-state index is 0.160. The van der Waals surface area contributed by atoms with E-state index in [-0.39, 0.29) is 11.9 Å². The summed E-state index contributed by atoms with van der Waals surface area (Å²) in [5.41, 5.74) is 8.63. The number of carbonyl (C=O) groups excluding carboxylic acids is 1. The van der Waals surface area contributed by atoms with Gasteiger partial charge >= 0.3 is 0 Å². The van der Waals surface area contributed by atoms with Crippen LogP contribution in [0.15, 0.2) is 24.3 Å². The highest BCUT2D eigenvalue weighted by Crippen LogP contribution is 2.26. The van der Waals surface area contributed by atoms with Crippen LogP contribution in [-0.2, 0) is 10.5 Å². The average Bonchev–Trinajstić information content (AvgIpc) is 2.86. The molecule has 0 aliphatic heterocycles. The quantitative estimate of drug-likeness (QED) is 0.762. The van der Waals surface area contributed by atoms with Gasteiger partial charge in [-0.3, -0.25) is 4.79 Å². The Labute approximate surface area is 132 Å². The van der Waals surface area contributed by atoms with Crippen molar-refractivity contribution in [3.05, 3.63) is 35.4 Å². The molecule has 1 aromatic carbocycles. The first-order valence-corrected chi connectivity index (χ1v) is 8.96. The second-order valence-electron chi connectivity index (χ2n) is 5.95. The van der Waals surface area contributed by atoms with Gasteiger partial charge in [0, 0.05) is 30.5 Å². The topological polar surface area (TPSA) is 55.1 Å². The molecule has 0 aromatic heterocycles. The molecule has 2 rings (SSSR count). The third-order valence-corrected chi connectivity index (χ3v) is 5.15. The van der Waals surface area contributed by atoms with E-state index in [0.717, 1.165) is 30.9 Å². The van der Waals surface area contributed by atoms with Crippen LogP contribution < -0.4 is 11.1 Å². The molecule has 0 radical (unpaired) electrons. The summed E-state index contributed by atoms with van der Waals surface area (Å²) in [6.07, 6.45) is 3.95. The molecule has 1 saturated carbocycles. The number of thioether (sulfide) groups is 1. The Hall–Kier alpha value is -1.00. The van der Waals surface area contributed by atoms with Crippen molar-refractivity contribution in [2.45, 2.75) is 44.4 Å². The van der Waals surface area contributed by atoms with Gasteiger partial charge in [0.15, 0.2) is 0 Å². The highest BCUT2D eigenvalue weighted by Gasteiger charge is 2.25. The first-order chi connectivity index (χ1) is 10.1. The number of hydrogen-bond acceptors (Lipinski definition) is 3. The van der Waals surface area contributed by atoms with Crippen LogP contribution >= 0.6 is 11.8 Å². The van der Waals surface area contributed by atoms with Gasteiger partial charge in [-0.2, -0.15) is 11.8 Å². The van der Waals surface area contributed by atoms with E-state index < -0.39 is 0 Å². The van der Waals surface area contributed by atoms with Crippen LogP contribution in [0.2, 0.25) is 0 Å². The third kappa shape index (κ3) is 5.71. The fourth-order valence-corrected chi connectivity index (χ4v) is 3.59. The average molecular weight is 306 g/mol. The molecule has 0 bridgehead atoms. The van der Waals surface area contributed by atoms with E-state index in [0.29, 0.717) is 12.3 Å². The van der Waals surface area contributed by atoms with E-state index in [9.17, 15) is 4.79 Å². The lowest BCUT2D eigenvalue weighted by Gasteiger charge is -2.14. The fraction of sp³-hybridized carbons (Fsp3) is 0.588. The number of nitrogens with one attached hydrogen (secondary N) is 1. The molecule has 1 aliphatic rings. The van der Waals surface area contributed by atoms with Crippen molar-refractivity contribution >= 4 is 17.7 Å². The summed E-state index contributed by atoms with van der Waals surface area (Å²) in [6.45, 7) is 2.85. The van der Waals surface area contributed by atoms with Crippen LogP contribution in [0.25, 0.3) is 0 Å². The largest absolute Gasteiger partial charge is 0.355 e. The van der Waals surface area contributed by atoms with E-state index in [4.69, 9.17) is 5.73 Å². The van der Waals surface area contributed by atoms with Gasteiger partial charge in [0.25, 0.3) is 0 Å². The Kier molecular flexibility index (Phi) is 6.58. The molecule has 3 N–H and O–H groups in total. The second-order valence-corrected chi connectivity index (χ2v) is 7.05. The van der Waals surface area contributed by atoms with E-state index >= 15 is 0 Å². The van der Waals surface area contributed by atoms with Gasteiger partial charge in [-0.1, -0.05) is 36.2 Å². The summed E-state index contributed by atoms with van der Waals surface area (Å²) >= 11 is 1.86. The molecular formula is C17H26N2OS. The molecule has 2 atom stereocenters. The number of aryl methyl sites for hydroxylation is 1. The van der Waals surface area contributed by atoms with Crippen LogP contribution in [0, 0.1) is 12.8 Å². The zero-order valence-electron chi connectivity index (χ0n) is 12.8. The minimum Gasteiger partial charge on any atom is -0.355 e. The summed E-state index contributed by atoms with van der Waals surface area (Å²) in [5.74, 6) is 2.51. The molecule has 1 aromatic rings. The maximum atomic E-state index is 11.8. The van der Waals surface area contributed by atoms with Crippen molar-refractivity contribution < 1.29 is 4.79 Å². The van der Waals surface area contributed by atoms with E-state index in [1.54, 1.807) is 0 Å². The number of nitrogens with two attached hydrogens (primary N) is 1. The Morgan fingerprint density at radius 1 is 1.33 bits per heavy atom. The van der Waals surface area contributed by atoms with Gasteiger partial charge < -0.3 is 11.1 Å². The van der Waals surface area contributed by atoms with Gasteiger partial charge in [0.2, 0.25) is 5.91 Å². The summed E-state index contributed by atoms with van der Waals surface area (Å²) in [4.78, 5) is 11.8. The Balaban J connectivity index is 1.55. The lowest BCUT2D eigenvalue weighted by atomic mass is 10.00. The molecule has 0 heterocycles. The van der Waals surface area contributed by atoms with E-state index in [2.05, 4.69) is 36.5 Å². The molecule has 116 valence electrons. The molecule has 0 spiro atoms. The summed E-state index contributed by atoms with van der Waals surface area (Å²) in [6, 6.07) is 8.85. The first kappa shape index (κ1) is 16.4. The van der Waals surface area contributed by atoms with Crippen LogP contribution in [0.4, 0.5) is 0 Å². The molecule has 21 heavy (non-hydrogen) atoms. The molecule has 1 amide bonds. The lowest BCUT2D eigenvalue weighted by Crippen LogP contribution is -2.32. The zero-order chi connectivity index (χ0) is 15.1. The third-order valence-electron chi connectivity index (χ3n) is 4.12. The Bertz CT molecular complexity index is 447. The molecule has 1 fully saturated rings. The van der Waals surface area contributed by atoms with Gasteiger partial charge in [-0.05, 0) is 31.2 Å². The predicted octanol–water partition coefficient (Wildman–Crippen LogP) is 2.86. The minimum absolute atomic E-state index is 0.160. The summed E-state index contributed by atoms with van der Waals surface area (Å²) < 4.78 is 0. The second kappa shape index (κ2) is 8.44. The SMILES string of the molecule is Cc1ccc(CSCCNC(=O)C[C@@H]2CCC[C@H]2N)cc1. The summed E-state index contributed by atoms with van der Waals surface area (Å²) in [7, 11) is 0. The van der Waals surface area contributed by atoms with Crippen LogP contribution in [0.3, 0.4) is 0 Å². The van der Waals surface area contributed by atoms with Crippen molar-refractivity contribution in [2.75, 3.05) is 12.3 Å². The number of benzene rings is 1. The molecule has 3 nitrogen and oxygen atoms in total. The first-order valence-electron chi connectivity index (χ1n) is 7.80. The van der Waals surface area contributed by atoms with Gasteiger partial charge in [0.1, 0.15) is 0 Å². The van der Waals surface area contributed by atoms with Gasteiger partial charge in [0.05, 0.1) is 0 Å². The van der Waals surface area contributed by atoms with Crippen molar-refractivity contribution in [1.82, 2.24) is 5.32 Å². The van der Waals surface area contributed by atoms with Crippen molar-refractivity contribution in [1.29, 1.82) is 0 Å². The number of amides is 1. The molecule has 0 unspecified atom stereocenters. The number of rotatable bonds is 7. The van der Waals surface area contributed by atoms with Crippen molar-refractivity contribution in [2.24, 2.45) is 11.7 Å².